The predicted molar refractivity (Wildman–Crippen MR) is 122 cm³/mol. The summed E-state index contributed by atoms with van der Waals surface area (Å²) in [6.07, 6.45) is 10.7. The van der Waals surface area contributed by atoms with Crippen molar-refractivity contribution in [3.05, 3.63) is 78.4 Å². The van der Waals surface area contributed by atoms with Crippen molar-refractivity contribution >= 4 is 24.6 Å². The van der Waals surface area contributed by atoms with E-state index >= 15 is 0 Å². The quantitative estimate of drug-likeness (QED) is 0.702. The molecule has 0 fully saturated rings. The zero-order chi connectivity index (χ0) is 20.1. The second-order valence-corrected chi connectivity index (χ2v) is 7.95. The smallest absolute Gasteiger partial charge is 0.309 e. The molecular formula is C25H29BO2. The molecule has 1 aliphatic carbocycles. The van der Waals surface area contributed by atoms with E-state index < -0.39 is 5.60 Å². The van der Waals surface area contributed by atoms with Crippen molar-refractivity contribution in [3.8, 4) is 11.1 Å². The molecule has 0 aromatic heterocycles. The lowest BCUT2D eigenvalue weighted by molar-refractivity contribution is -0.0222. The van der Waals surface area contributed by atoms with Gasteiger partial charge in [0.15, 0.2) is 0 Å². The molecule has 0 unspecified atom stereocenters. The van der Waals surface area contributed by atoms with Gasteiger partial charge >= 0.3 is 7.48 Å². The van der Waals surface area contributed by atoms with Crippen molar-refractivity contribution in [1.29, 1.82) is 0 Å². The van der Waals surface area contributed by atoms with E-state index in [0.717, 1.165) is 23.9 Å². The minimum absolute atomic E-state index is 0.224. The molecule has 1 atom stereocenters. The Hall–Kier alpha value is -2.36. The Morgan fingerprint density at radius 3 is 2.43 bits per heavy atom. The maximum atomic E-state index is 9.98. The molecular weight excluding hydrogens is 343 g/mol. The van der Waals surface area contributed by atoms with Crippen molar-refractivity contribution in [1.82, 2.24) is 0 Å². The SMILES string of the molecule is C=Cc1cc(-c2ccc(BO[C@H](C)C(C)(C)O)cc2)ccc1C1=CCCC=C1. The van der Waals surface area contributed by atoms with Crippen LogP contribution in [0.5, 0.6) is 0 Å². The highest BCUT2D eigenvalue weighted by atomic mass is 16.5. The lowest BCUT2D eigenvalue weighted by Crippen LogP contribution is -2.38. The molecule has 0 spiro atoms. The molecule has 0 saturated heterocycles. The van der Waals surface area contributed by atoms with Crippen LogP contribution in [-0.4, -0.2) is 24.3 Å². The molecule has 2 aromatic rings. The summed E-state index contributed by atoms with van der Waals surface area (Å²) in [7, 11) is 0.489. The summed E-state index contributed by atoms with van der Waals surface area (Å²) >= 11 is 0. The predicted octanol–water partition coefficient (Wildman–Crippen LogP) is 4.88. The maximum absolute atomic E-state index is 9.98. The molecule has 0 saturated carbocycles. The van der Waals surface area contributed by atoms with Crippen molar-refractivity contribution in [2.75, 3.05) is 0 Å². The minimum atomic E-state index is -0.842. The van der Waals surface area contributed by atoms with Crippen molar-refractivity contribution in [3.63, 3.8) is 0 Å². The molecule has 3 rings (SSSR count). The van der Waals surface area contributed by atoms with E-state index in [4.69, 9.17) is 4.65 Å². The number of hydrogen-bond acceptors (Lipinski definition) is 2. The van der Waals surface area contributed by atoms with E-state index in [1.165, 1.54) is 22.3 Å². The molecule has 2 aromatic carbocycles. The van der Waals surface area contributed by atoms with Crippen molar-refractivity contribution < 1.29 is 9.76 Å². The van der Waals surface area contributed by atoms with Crippen LogP contribution in [0.15, 0.2) is 67.3 Å². The zero-order valence-electron chi connectivity index (χ0n) is 17.1. The lowest BCUT2D eigenvalue weighted by atomic mass is 9.85. The Bertz CT molecular complexity index is 886. The fraction of sp³-hybridized carbons (Fsp3) is 0.280. The first-order chi connectivity index (χ1) is 13.4. The van der Waals surface area contributed by atoms with E-state index in [-0.39, 0.29) is 6.10 Å². The molecule has 0 aliphatic heterocycles. The highest BCUT2D eigenvalue weighted by Gasteiger charge is 2.22. The van der Waals surface area contributed by atoms with E-state index in [1.807, 2.05) is 13.0 Å². The molecule has 144 valence electrons. The second-order valence-electron chi connectivity index (χ2n) is 7.95. The van der Waals surface area contributed by atoms with Gasteiger partial charge < -0.3 is 9.76 Å². The maximum Gasteiger partial charge on any atom is 0.309 e. The van der Waals surface area contributed by atoms with Crippen LogP contribution in [0.1, 0.15) is 44.7 Å². The largest absolute Gasteiger partial charge is 0.429 e. The van der Waals surface area contributed by atoms with Gasteiger partial charge in [-0.3, -0.25) is 0 Å². The van der Waals surface area contributed by atoms with Crippen LogP contribution in [0.4, 0.5) is 0 Å². The summed E-state index contributed by atoms with van der Waals surface area (Å²) in [6, 6.07) is 15.0. The third-order valence-electron chi connectivity index (χ3n) is 5.36. The molecule has 0 bridgehead atoms. The van der Waals surface area contributed by atoms with Gasteiger partial charge in [-0.2, -0.15) is 0 Å². The van der Waals surface area contributed by atoms with Gasteiger partial charge in [0.25, 0.3) is 0 Å². The molecule has 0 heterocycles. The van der Waals surface area contributed by atoms with E-state index in [0.29, 0.717) is 7.48 Å². The standard InChI is InChI=1S/C25H29BO2/c1-5-19-17-22(13-16-24(19)21-9-7-6-8-10-21)20-11-14-23(15-12-20)26-28-18(2)25(3,4)27/h5,7,9-18,26-27H,1,6,8H2,2-4H3/t18-/m1/s1. The van der Waals surface area contributed by atoms with Gasteiger partial charge in [-0.15, -0.1) is 0 Å². The first-order valence-corrected chi connectivity index (χ1v) is 9.95. The molecule has 0 amide bonds. The summed E-state index contributed by atoms with van der Waals surface area (Å²) in [5.74, 6) is 0. The third kappa shape index (κ3) is 4.92. The number of allylic oxidation sites excluding steroid dienone is 4. The minimum Gasteiger partial charge on any atom is -0.429 e. The van der Waals surface area contributed by atoms with E-state index in [2.05, 4.69) is 67.3 Å². The lowest BCUT2D eigenvalue weighted by Gasteiger charge is -2.26. The van der Waals surface area contributed by atoms with Crippen LogP contribution in [0.3, 0.4) is 0 Å². The van der Waals surface area contributed by atoms with Crippen LogP contribution in [0.2, 0.25) is 0 Å². The van der Waals surface area contributed by atoms with E-state index in [1.54, 1.807) is 13.8 Å². The molecule has 0 radical (unpaired) electrons. The summed E-state index contributed by atoms with van der Waals surface area (Å²) in [5.41, 5.74) is 6.27. The number of aliphatic hydroxyl groups is 1. The first-order valence-electron chi connectivity index (χ1n) is 9.95. The Morgan fingerprint density at radius 2 is 1.82 bits per heavy atom. The van der Waals surface area contributed by atoms with Crippen LogP contribution in [0, 0.1) is 0 Å². The molecule has 3 heteroatoms. The van der Waals surface area contributed by atoms with Gasteiger partial charge in [0.05, 0.1) is 11.7 Å². The Balaban J connectivity index is 1.76. The Labute approximate surface area is 169 Å². The molecule has 1 aliphatic rings. The highest BCUT2D eigenvalue weighted by Crippen LogP contribution is 2.29. The van der Waals surface area contributed by atoms with Gasteiger partial charge in [0.2, 0.25) is 0 Å². The number of rotatable bonds is 7. The van der Waals surface area contributed by atoms with Crippen molar-refractivity contribution in [2.24, 2.45) is 0 Å². The first kappa shape index (κ1) is 20.4. The van der Waals surface area contributed by atoms with E-state index in [9.17, 15) is 5.11 Å². The van der Waals surface area contributed by atoms with Crippen LogP contribution in [-0.2, 0) is 4.65 Å². The number of benzene rings is 2. The van der Waals surface area contributed by atoms with Crippen LogP contribution in [0.25, 0.3) is 22.8 Å². The van der Waals surface area contributed by atoms with Gasteiger partial charge in [-0.05, 0) is 67.5 Å². The average molecular weight is 372 g/mol. The molecule has 1 N–H and O–H groups in total. The summed E-state index contributed by atoms with van der Waals surface area (Å²) in [5, 5.41) is 9.98. The summed E-state index contributed by atoms with van der Waals surface area (Å²) < 4.78 is 5.78. The normalized spacial score (nSPS) is 15.1. The average Bonchev–Trinajstić information content (AvgIpc) is 2.72. The van der Waals surface area contributed by atoms with Crippen LogP contribution >= 0.6 is 0 Å². The Kier molecular flexibility index (Phi) is 6.38. The molecule has 2 nitrogen and oxygen atoms in total. The van der Waals surface area contributed by atoms with Gasteiger partial charge in [-0.1, -0.05) is 72.7 Å². The fourth-order valence-corrected chi connectivity index (χ4v) is 3.21. The summed E-state index contributed by atoms with van der Waals surface area (Å²) in [4.78, 5) is 0. The molecule has 28 heavy (non-hydrogen) atoms. The van der Waals surface area contributed by atoms with Crippen LogP contribution < -0.4 is 5.46 Å². The monoisotopic (exact) mass is 372 g/mol. The zero-order valence-corrected chi connectivity index (χ0v) is 17.1. The van der Waals surface area contributed by atoms with Gasteiger partial charge in [0, 0.05) is 0 Å². The summed E-state index contributed by atoms with van der Waals surface area (Å²) in [6.45, 7) is 9.43. The van der Waals surface area contributed by atoms with Gasteiger partial charge in [-0.25, -0.2) is 0 Å². The fourth-order valence-electron chi connectivity index (χ4n) is 3.21. The number of hydrogen-bond donors (Lipinski definition) is 1. The second kappa shape index (κ2) is 8.77. The topological polar surface area (TPSA) is 29.5 Å². The van der Waals surface area contributed by atoms with Crippen molar-refractivity contribution in [2.45, 2.75) is 45.3 Å². The Morgan fingerprint density at radius 1 is 1.11 bits per heavy atom. The third-order valence-corrected chi connectivity index (χ3v) is 5.36. The van der Waals surface area contributed by atoms with Gasteiger partial charge in [0.1, 0.15) is 0 Å². The highest BCUT2D eigenvalue weighted by molar-refractivity contribution is 6.47.